The Balaban J connectivity index is 2.47. The second-order valence-corrected chi connectivity index (χ2v) is 5.63. The first-order chi connectivity index (χ1) is 7.54. The molecule has 0 aromatic carbocycles. The van der Waals surface area contributed by atoms with Crippen molar-refractivity contribution in [2.75, 3.05) is 13.2 Å². The van der Waals surface area contributed by atoms with Gasteiger partial charge < -0.3 is 10.5 Å². The van der Waals surface area contributed by atoms with Crippen LogP contribution >= 0.6 is 0 Å². The molecule has 1 aliphatic rings. The lowest BCUT2D eigenvalue weighted by molar-refractivity contribution is -0.0288. The minimum absolute atomic E-state index is 0.409. The zero-order chi connectivity index (χ0) is 12.1. The molecule has 3 unspecified atom stereocenters. The first-order valence-electron chi connectivity index (χ1n) is 6.52. The number of hydrogen-bond acceptors (Lipinski definition) is 2. The number of nitrogens with two attached hydrogens (primary N) is 1. The van der Waals surface area contributed by atoms with Crippen LogP contribution in [0.15, 0.2) is 12.2 Å². The lowest BCUT2D eigenvalue weighted by Crippen LogP contribution is -2.35. The SMILES string of the molecule is C=C(CN)COC1CC(C)CCC1C(C)C. The van der Waals surface area contributed by atoms with Gasteiger partial charge in [-0.2, -0.15) is 0 Å². The molecule has 0 radical (unpaired) electrons. The standard InChI is InChI=1S/C14H27NO/c1-10(2)13-6-5-11(3)7-14(13)16-9-12(4)8-15/h10-11,13-14H,4-9,15H2,1-3H3. The van der Waals surface area contributed by atoms with E-state index in [1.165, 1.54) is 19.3 Å². The summed E-state index contributed by atoms with van der Waals surface area (Å²) in [6.45, 7) is 12.0. The highest BCUT2D eigenvalue weighted by Gasteiger charge is 2.31. The quantitative estimate of drug-likeness (QED) is 0.730. The first kappa shape index (κ1) is 13.7. The summed E-state index contributed by atoms with van der Waals surface area (Å²) in [4.78, 5) is 0. The fourth-order valence-corrected chi connectivity index (χ4v) is 2.59. The summed E-state index contributed by atoms with van der Waals surface area (Å²) in [5.74, 6) is 2.22. The Labute approximate surface area is 100 Å². The lowest BCUT2D eigenvalue weighted by Gasteiger charge is -2.37. The molecule has 16 heavy (non-hydrogen) atoms. The monoisotopic (exact) mass is 225 g/mol. The molecule has 0 saturated heterocycles. The van der Waals surface area contributed by atoms with Crippen LogP contribution in [0.1, 0.15) is 40.0 Å². The minimum Gasteiger partial charge on any atom is -0.374 e. The topological polar surface area (TPSA) is 35.2 Å². The predicted octanol–water partition coefficient (Wildman–Crippen LogP) is 2.98. The highest BCUT2D eigenvalue weighted by molar-refractivity contribution is 4.96. The maximum atomic E-state index is 6.00. The molecule has 0 bridgehead atoms. The van der Waals surface area contributed by atoms with E-state index in [1.54, 1.807) is 0 Å². The van der Waals surface area contributed by atoms with E-state index < -0.39 is 0 Å². The minimum atomic E-state index is 0.409. The average Bonchev–Trinajstić information content (AvgIpc) is 2.25. The zero-order valence-electron chi connectivity index (χ0n) is 11.0. The molecule has 1 fully saturated rings. The smallest absolute Gasteiger partial charge is 0.0690 e. The Morgan fingerprint density at radius 1 is 1.44 bits per heavy atom. The Morgan fingerprint density at radius 2 is 2.12 bits per heavy atom. The largest absolute Gasteiger partial charge is 0.374 e. The summed E-state index contributed by atoms with van der Waals surface area (Å²) in [5.41, 5.74) is 6.53. The van der Waals surface area contributed by atoms with Gasteiger partial charge in [0, 0.05) is 6.54 Å². The second kappa shape index (κ2) is 6.41. The molecule has 94 valence electrons. The van der Waals surface area contributed by atoms with Crippen LogP contribution in [-0.4, -0.2) is 19.3 Å². The molecular formula is C14H27NO. The van der Waals surface area contributed by atoms with E-state index in [-0.39, 0.29) is 0 Å². The third-order valence-corrected chi connectivity index (χ3v) is 3.75. The normalized spacial score (nSPS) is 30.7. The second-order valence-electron chi connectivity index (χ2n) is 5.63. The molecule has 0 aliphatic heterocycles. The third-order valence-electron chi connectivity index (χ3n) is 3.75. The van der Waals surface area contributed by atoms with Crippen molar-refractivity contribution in [3.8, 4) is 0 Å². The molecule has 2 nitrogen and oxygen atoms in total. The lowest BCUT2D eigenvalue weighted by atomic mass is 9.75. The highest BCUT2D eigenvalue weighted by Crippen LogP contribution is 2.35. The zero-order valence-corrected chi connectivity index (χ0v) is 11.0. The van der Waals surface area contributed by atoms with E-state index in [9.17, 15) is 0 Å². The van der Waals surface area contributed by atoms with Crippen molar-refractivity contribution in [1.82, 2.24) is 0 Å². The van der Waals surface area contributed by atoms with E-state index >= 15 is 0 Å². The van der Waals surface area contributed by atoms with Crippen molar-refractivity contribution >= 4 is 0 Å². The highest BCUT2D eigenvalue weighted by atomic mass is 16.5. The number of ether oxygens (including phenoxy) is 1. The van der Waals surface area contributed by atoms with Gasteiger partial charge in [0.15, 0.2) is 0 Å². The molecule has 1 aliphatic carbocycles. The molecule has 3 atom stereocenters. The van der Waals surface area contributed by atoms with Gasteiger partial charge in [0.05, 0.1) is 12.7 Å². The first-order valence-corrected chi connectivity index (χ1v) is 6.52. The van der Waals surface area contributed by atoms with Gasteiger partial charge in [0.1, 0.15) is 0 Å². The van der Waals surface area contributed by atoms with E-state index in [4.69, 9.17) is 10.5 Å². The van der Waals surface area contributed by atoms with Gasteiger partial charge in [-0.1, -0.05) is 33.8 Å². The van der Waals surface area contributed by atoms with Gasteiger partial charge in [0.2, 0.25) is 0 Å². The van der Waals surface area contributed by atoms with Gasteiger partial charge in [0.25, 0.3) is 0 Å². The molecule has 1 saturated carbocycles. The van der Waals surface area contributed by atoms with E-state index in [0.29, 0.717) is 31.1 Å². The van der Waals surface area contributed by atoms with Crippen LogP contribution in [0.5, 0.6) is 0 Å². The summed E-state index contributed by atoms with van der Waals surface area (Å²) in [5, 5.41) is 0. The van der Waals surface area contributed by atoms with E-state index in [1.807, 2.05) is 0 Å². The molecule has 0 spiro atoms. The van der Waals surface area contributed by atoms with E-state index in [2.05, 4.69) is 27.4 Å². The summed E-state index contributed by atoms with van der Waals surface area (Å²) >= 11 is 0. The van der Waals surface area contributed by atoms with E-state index in [0.717, 1.165) is 11.5 Å². The number of hydrogen-bond donors (Lipinski definition) is 1. The molecule has 2 N–H and O–H groups in total. The molecule has 2 heteroatoms. The van der Waals surface area contributed by atoms with Crippen molar-refractivity contribution in [2.24, 2.45) is 23.5 Å². The summed E-state index contributed by atoms with van der Waals surface area (Å²) < 4.78 is 6.00. The number of rotatable bonds is 5. The predicted molar refractivity (Wildman–Crippen MR) is 69.3 cm³/mol. The Kier molecular flexibility index (Phi) is 5.50. The molecule has 0 aromatic rings. The van der Waals surface area contributed by atoms with Gasteiger partial charge in [-0.25, -0.2) is 0 Å². The van der Waals surface area contributed by atoms with Crippen molar-refractivity contribution in [3.63, 3.8) is 0 Å². The fraction of sp³-hybridized carbons (Fsp3) is 0.857. The fourth-order valence-electron chi connectivity index (χ4n) is 2.59. The van der Waals surface area contributed by atoms with Crippen molar-refractivity contribution < 1.29 is 4.74 Å². The Hall–Kier alpha value is -0.340. The molecule has 0 aromatic heterocycles. The van der Waals surface area contributed by atoms with Crippen molar-refractivity contribution in [1.29, 1.82) is 0 Å². The van der Waals surface area contributed by atoms with Crippen molar-refractivity contribution in [2.45, 2.75) is 46.1 Å². The average molecular weight is 225 g/mol. The van der Waals surface area contributed by atoms with Gasteiger partial charge in [-0.05, 0) is 36.2 Å². The molecule has 1 rings (SSSR count). The van der Waals surface area contributed by atoms with Gasteiger partial charge in [-0.3, -0.25) is 0 Å². The van der Waals surface area contributed by atoms with Crippen LogP contribution in [0, 0.1) is 17.8 Å². The maximum Gasteiger partial charge on any atom is 0.0690 e. The Morgan fingerprint density at radius 3 is 2.69 bits per heavy atom. The van der Waals surface area contributed by atoms with Gasteiger partial charge >= 0.3 is 0 Å². The third kappa shape index (κ3) is 3.91. The van der Waals surface area contributed by atoms with Crippen LogP contribution in [0.4, 0.5) is 0 Å². The van der Waals surface area contributed by atoms with Crippen LogP contribution in [0.3, 0.4) is 0 Å². The Bertz CT molecular complexity index is 225. The van der Waals surface area contributed by atoms with Crippen LogP contribution in [-0.2, 0) is 4.74 Å². The molecule has 0 heterocycles. The molecule has 0 amide bonds. The van der Waals surface area contributed by atoms with Crippen LogP contribution in [0.25, 0.3) is 0 Å². The van der Waals surface area contributed by atoms with Crippen LogP contribution < -0.4 is 5.73 Å². The van der Waals surface area contributed by atoms with Crippen molar-refractivity contribution in [3.05, 3.63) is 12.2 Å². The maximum absolute atomic E-state index is 6.00. The molecular weight excluding hydrogens is 198 g/mol. The summed E-state index contributed by atoms with van der Waals surface area (Å²) in [6, 6.07) is 0. The van der Waals surface area contributed by atoms with Crippen LogP contribution in [0.2, 0.25) is 0 Å². The van der Waals surface area contributed by atoms with Gasteiger partial charge in [-0.15, -0.1) is 0 Å². The summed E-state index contributed by atoms with van der Waals surface area (Å²) in [7, 11) is 0. The summed E-state index contributed by atoms with van der Waals surface area (Å²) in [6.07, 6.45) is 4.26.